The van der Waals surface area contributed by atoms with Crippen molar-refractivity contribution >= 4 is 21.8 Å². The van der Waals surface area contributed by atoms with Gasteiger partial charge >= 0.3 is 0 Å². The number of piperazine rings is 1. The Morgan fingerprint density at radius 3 is 2.65 bits per heavy atom. The van der Waals surface area contributed by atoms with Gasteiger partial charge in [0.15, 0.2) is 0 Å². The van der Waals surface area contributed by atoms with Gasteiger partial charge in [-0.05, 0) is 31.0 Å². The fraction of sp³-hybridized carbons (Fsp3) is 0.588. The number of hydrogen-bond donors (Lipinski definition) is 1. The molecular weight excluding hydrogens is 358 g/mol. The number of amides is 1. The first-order valence-corrected chi connectivity index (χ1v) is 9.11. The highest BCUT2D eigenvalue weighted by Gasteiger charge is 2.25. The first-order valence-electron chi connectivity index (χ1n) is 8.31. The summed E-state index contributed by atoms with van der Waals surface area (Å²) in [6, 6.07) is 8.38. The summed E-state index contributed by atoms with van der Waals surface area (Å²) in [5.74, 6) is 1.08. The summed E-state index contributed by atoms with van der Waals surface area (Å²) in [5, 5.41) is 3.05. The molecule has 5 nitrogen and oxygen atoms in total. The van der Waals surface area contributed by atoms with Crippen molar-refractivity contribution in [3.8, 4) is 5.75 Å². The molecule has 1 aliphatic carbocycles. The Balaban J connectivity index is 1.30. The summed E-state index contributed by atoms with van der Waals surface area (Å²) >= 11 is 3.45. The highest BCUT2D eigenvalue weighted by molar-refractivity contribution is 9.10. The van der Waals surface area contributed by atoms with Gasteiger partial charge in [-0.3, -0.25) is 14.6 Å². The fourth-order valence-electron chi connectivity index (χ4n) is 2.72. The van der Waals surface area contributed by atoms with Crippen LogP contribution in [0.2, 0.25) is 0 Å². The lowest BCUT2D eigenvalue weighted by atomic mass is 10.3. The van der Waals surface area contributed by atoms with Crippen LogP contribution in [0.5, 0.6) is 5.75 Å². The Hall–Kier alpha value is -1.11. The van der Waals surface area contributed by atoms with Gasteiger partial charge in [0.1, 0.15) is 12.4 Å². The smallest absolute Gasteiger partial charge is 0.234 e. The molecule has 23 heavy (non-hydrogen) atoms. The Labute approximate surface area is 146 Å². The van der Waals surface area contributed by atoms with Gasteiger partial charge in [-0.15, -0.1) is 0 Å². The zero-order valence-corrected chi connectivity index (χ0v) is 14.9. The molecule has 6 heteroatoms. The maximum Gasteiger partial charge on any atom is 0.234 e. The fourth-order valence-corrected chi connectivity index (χ4v) is 3.10. The van der Waals surface area contributed by atoms with Crippen LogP contribution in [-0.4, -0.2) is 67.6 Å². The van der Waals surface area contributed by atoms with Crippen molar-refractivity contribution < 1.29 is 9.53 Å². The number of nitrogens with one attached hydrogen (secondary N) is 1. The predicted molar refractivity (Wildman–Crippen MR) is 93.7 cm³/mol. The summed E-state index contributed by atoms with van der Waals surface area (Å²) in [4.78, 5) is 16.4. The van der Waals surface area contributed by atoms with E-state index in [9.17, 15) is 4.79 Å². The number of hydrogen-bond acceptors (Lipinski definition) is 4. The average Bonchev–Trinajstić information content (AvgIpc) is 3.33. The van der Waals surface area contributed by atoms with Crippen LogP contribution in [-0.2, 0) is 4.79 Å². The molecule has 3 rings (SSSR count). The van der Waals surface area contributed by atoms with E-state index in [1.807, 2.05) is 24.3 Å². The van der Waals surface area contributed by atoms with Gasteiger partial charge in [0, 0.05) is 43.2 Å². The minimum atomic E-state index is 0.180. The molecule has 0 atom stereocenters. The van der Waals surface area contributed by atoms with Crippen LogP contribution in [0, 0.1) is 0 Å². The molecule has 1 saturated carbocycles. The zero-order valence-electron chi connectivity index (χ0n) is 13.3. The predicted octanol–water partition coefficient (Wildman–Crippen LogP) is 1.72. The third-order valence-corrected chi connectivity index (χ3v) is 4.74. The SMILES string of the molecule is O=C(CN1CCN(CCOc2cccc(Br)c2)CC1)NC1CC1. The molecule has 1 aliphatic heterocycles. The normalized spacial score (nSPS) is 19.5. The average molecular weight is 382 g/mol. The molecule has 1 heterocycles. The van der Waals surface area contributed by atoms with Crippen molar-refractivity contribution in [1.82, 2.24) is 15.1 Å². The Morgan fingerprint density at radius 2 is 1.96 bits per heavy atom. The lowest BCUT2D eigenvalue weighted by Gasteiger charge is -2.34. The van der Waals surface area contributed by atoms with Crippen LogP contribution in [0.4, 0.5) is 0 Å². The number of rotatable bonds is 7. The Bertz CT molecular complexity index is 528. The molecule has 1 amide bonds. The standard InChI is InChI=1S/C17H24BrN3O2/c18-14-2-1-3-16(12-14)23-11-10-20-6-8-21(9-7-20)13-17(22)19-15-4-5-15/h1-3,12,15H,4-11,13H2,(H,19,22). The van der Waals surface area contributed by atoms with Gasteiger partial charge in [0.25, 0.3) is 0 Å². The summed E-state index contributed by atoms with van der Waals surface area (Å²) < 4.78 is 6.82. The number of ether oxygens (including phenoxy) is 1. The van der Waals surface area contributed by atoms with E-state index in [2.05, 4.69) is 31.0 Å². The molecule has 1 N–H and O–H groups in total. The molecule has 126 valence electrons. The van der Waals surface area contributed by atoms with E-state index in [1.54, 1.807) is 0 Å². The Morgan fingerprint density at radius 1 is 1.22 bits per heavy atom. The lowest BCUT2D eigenvalue weighted by molar-refractivity contribution is -0.122. The summed E-state index contributed by atoms with van der Waals surface area (Å²) in [7, 11) is 0. The maximum absolute atomic E-state index is 11.8. The van der Waals surface area contributed by atoms with Crippen LogP contribution < -0.4 is 10.1 Å². The second-order valence-corrected chi connectivity index (χ2v) is 7.18. The molecule has 2 fully saturated rings. The molecule has 0 bridgehead atoms. The highest BCUT2D eigenvalue weighted by Crippen LogP contribution is 2.19. The first kappa shape index (κ1) is 16.7. The second kappa shape index (κ2) is 8.13. The quantitative estimate of drug-likeness (QED) is 0.780. The van der Waals surface area contributed by atoms with Gasteiger partial charge in [-0.2, -0.15) is 0 Å². The van der Waals surface area contributed by atoms with Crippen LogP contribution in [0.3, 0.4) is 0 Å². The first-order chi connectivity index (χ1) is 11.2. The number of benzene rings is 1. The molecule has 0 aromatic heterocycles. The van der Waals surface area contributed by atoms with Crippen LogP contribution in [0.1, 0.15) is 12.8 Å². The molecule has 0 radical (unpaired) electrons. The number of carbonyl (C=O) groups is 1. The van der Waals surface area contributed by atoms with Crippen LogP contribution >= 0.6 is 15.9 Å². The highest BCUT2D eigenvalue weighted by atomic mass is 79.9. The Kier molecular flexibility index (Phi) is 5.91. The van der Waals surface area contributed by atoms with Crippen LogP contribution in [0.25, 0.3) is 0 Å². The van der Waals surface area contributed by atoms with Gasteiger partial charge in [0.05, 0.1) is 6.54 Å². The van der Waals surface area contributed by atoms with Gasteiger partial charge in [0.2, 0.25) is 5.91 Å². The molecule has 0 spiro atoms. The maximum atomic E-state index is 11.8. The second-order valence-electron chi connectivity index (χ2n) is 6.27. The molecule has 1 saturated heterocycles. The zero-order chi connectivity index (χ0) is 16.1. The third kappa shape index (κ3) is 5.79. The largest absolute Gasteiger partial charge is 0.492 e. The number of carbonyl (C=O) groups excluding carboxylic acids is 1. The van der Waals surface area contributed by atoms with E-state index in [4.69, 9.17) is 4.74 Å². The van der Waals surface area contributed by atoms with E-state index < -0.39 is 0 Å². The van der Waals surface area contributed by atoms with Crippen molar-refractivity contribution in [1.29, 1.82) is 0 Å². The topological polar surface area (TPSA) is 44.8 Å². The van der Waals surface area contributed by atoms with Crippen molar-refractivity contribution in [2.45, 2.75) is 18.9 Å². The molecule has 1 aromatic carbocycles. The molecule has 1 aromatic rings. The van der Waals surface area contributed by atoms with Crippen molar-refractivity contribution in [3.05, 3.63) is 28.7 Å². The van der Waals surface area contributed by atoms with Crippen LogP contribution in [0.15, 0.2) is 28.7 Å². The molecule has 0 unspecified atom stereocenters. The van der Waals surface area contributed by atoms with Gasteiger partial charge < -0.3 is 10.1 Å². The lowest BCUT2D eigenvalue weighted by Crippen LogP contribution is -2.50. The van der Waals surface area contributed by atoms with Gasteiger partial charge in [-0.1, -0.05) is 22.0 Å². The summed E-state index contributed by atoms with van der Waals surface area (Å²) in [6.45, 7) is 6.06. The minimum Gasteiger partial charge on any atom is -0.492 e. The van der Waals surface area contributed by atoms with Crippen molar-refractivity contribution in [3.63, 3.8) is 0 Å². The summed E-state index contributed by atoms with van der Waals surface area (Å²) in [6.07, 6.45) is 2.30. The summed E-state index contributed by atoms with van der Waals surface area (Å²) in [5.41, 5.74) is 0. The van der Waals surface area contributed by atoms with E-state index in [0.29, 0.717) is 19.2 Å². The van der Waals surface area contributed by atoms with E-state index in [-0.39, 0.29) is 5.91 Å². The van der Waals surface area contributed by atoms with E-state index in [1.165, 1.54) is 0 Å². The van der Waals surface area contributed by atoms with Crippen molar-refractivity contribution in [2.75, 3.05) is 45.9 Å². The van der Waals surface area contributed by atoms with E-state index >= 15 is 0 Å². The van der Waals surface area contributed by atoms with E-state index in [0.717, 1.165) is 55.8 Å². The third-order valence-electron chi connectivity index (χ3n) is 4.25. The monoisotopic (exact) mass is 381 g/mol. The number of nitrogens with zero attached hydrogens (tertiary/aromatic N) is 2. The number of halogens is 1. The van der Waals surface area contributed by atoms with Crippen molar-refractivity contribution in [2.24, 2.45) is 0 Å². The minimum absolute atomic E-state index is 0.180. The molecule has 2 aliphatic rings. The van der Waals surface area contributed by atoms with Gasteiger partial charge in [-0.25, -0.2) is 0 Å². The molecular formula is C17H24BrN3O2.